The molecule has 0 bridgehead atoms. The molecule has 0 radical (unpaired) electrons. The molecule has 3 aliphatic rings. The molecule has 6 aromatic rings. The van der Waals surface area contributed by atoms with Gasteiger partial charge in [-0.05, 0) is 36.1 Å². The Labute approximate surface area is 779 Å². The number of nitrogens with two attached hydrogens (primary N) is 3. The van der Waals surface area contributed by atoms with Crippen LogP contribution in [0.1, 0.15) is 106 Å². The van der Waals surface area contributed by atoms with Crippen LogP contribution in [-0.2, 0) is 91.2 Å². The first-order valence-corrected chi connectivity index (χ1v) is 47.3. The number of thioether (sulfide) groups is 1. The number of halogens is 4. The number of quaternary nitrogens is 1. The summed E-state index contributed by atoms with van der Waals surface area (Å²) in [5.41, 5.74) is 20.0. The van der Waals surface area contributed by atoms with E-state index in [9.17, 15) is 87.9 Å². The average Bonchev–Trinajstić information content (AvgIpc) is 1.54. The first kappa shape index (κ1) is 105. The maximum atomic E-state index is 15.7. The Balaban J connectivity index is 0.954. The van der Waals surface area contributed by atoms with Gasteiger partial charge in [-0.1, -0.05) is 50.1 Å². The number of β-amino-alcohol motifs (C(OH)–C–C–N with tert-alkyl or cyclic N) is 2. The van der Waals surface area contributed by atoms with E-state index in [4.69, 9.17) is 17.2 Å². The monoisotopic (exact) mass is 2000 g/mol. The van der Waals surface area contributed by atoms with E-state index < -0.39 is 271 Å². The zero-order chi connectivity index (χ0) is 98.4. The van der Waals surface area contributed by atoms with Crippen LogP contribution in [0, 0.1) is 22.7 Å². The zero-order valence-corrected chi connectivity index (χ0v) is 77.2. The van der Waals surface area contributed by atoms with Crippen LogP contribution in [-0.4, -0.2) is 282 Å². The van der Waals surface area contributed by atoms with Gasteiger partial charge in [-0.2, -0.15) is 5.43 Å². The molecule has 9 rings (SSSR count). The second-order valence-corrected chi connectivity index (χ2v) is 38.8. The predicted octanol–water partition coefficient (Wildman–Crippen LogP) is -0.394. The van der Waals surface area contributed by atoms with Gasteiger partial charge in [0.05, 0.1) is 31.4 Å². The Morgan fingerprint density at radius 3 is 1.91 bits per heavy atom. The molecular weight excluding hydrogens is 1890 g/mol. The van der Waals surface area contributed by atoms with Crippen molar-refractivity contribution in [3.05, 3.63) is 195 Å². The number of aldehydes is 1. The number of hydroxylamine groups is 1. The Bertz CT molecular complexity index is 5410. The molecule has 13 amide bonds. The summed E-state index contributed by atoms with van der Waals surface area (Å²) in [5.74, 6) is -23.2. The van der Waals surface area contributed by atoms with E-state index in [1.807, 2.05) is 0 Å². The van der Waals surface area contributed by atoms with Crippen LogP contribution < -0.4 is 65.0 Å². The number of nitrogens with zero attached hydrogens (tertiary/aromatic N) is 5. The number of carbonyl (C=O) groups excluding carboxylic acids is 14. The van der Waals surface area contributed by atoms with Crippen LogP contribution in [0.15, 0.2) is 144 Å². The summed E-state index contributed by atoms with van der Waals surface area (Å²) in [5, 5.41) is 82.9. The first-order valence-electron chi connectivity index (χ1n) is 42.5. The number of hydrogen-bond acceptors (Lipinski definition) is 24. The van der Waals surface area contributed by atoms with Crippen LogP contribution >= 0.6 is 31.9 Å². The molecule has 2 unspecified atom stereocenters. The first-order chi connectivity index (χ1) is 63.5. The van der Waals surface area contributed by atoms with Crippen molar-refractivity contribution < 1.29 is 121 Å². The van der Waals surface area contributed by atoms with Crippen LogP contribution in [0.2, 0.25) is 0 Å². The van der Waals surface area contributed by atoms with Gasteiger partial charge in [0, 0.05) is 38.6 Å². The Hall–Kier alpha value is -12.9. The second-order valence-electron chi connectivity index (χ2n) is 32.8. The van der Waals surface area contributed by atoms with Gasteiger partial charge in [-0.25, -0.2) is 13.2 Å². The number of aromatic nitrogens is 1. The van der Waals surface area contributed by atoms with Crippen molar-refractivity contribution in [3.63, 3.8) is 0 Å². The van der Waals surface area contributed by atoms with Crippen LogP contribution in [0.25, 0.3) is 16.5 Å². The predicted molar refractivity (Wildman–Crippen MR) is 489 cm³/mol. The van der Waals surface area contributed by atoms with Crippen LogP contribution in [0.3, 0.4) is 0 Å². The normalized spacial score (nSPS) is 18.6. The summed E-state index contributed by atoms with van der Waals surface area (Å²) in [6.45, 7) is 3.87. The quantitative estimate of drug-likeness (QED) is 0.00266. The number of aromatic amines is 1. The van der Waals surface area contributed by atoms with Crippen molar-refractivity contribution in [1.82, 2.24) is 70.3 Å². The van der Waals surface area contributed by atoms with Gasteiger partial charge in [-0.15, -0.1) is 11.8 Å². The van der Waals surface area contributed by atoms with E-state index in [0.29, 0.717) is 69.9 Å². The summed E-state index contributed by atoms with van der Waals surface area (Å²) < 4.78 is 44.6. The number of primary amides is 1. The number of nitrogens with one attached hydrogen (secondary N) is 10. The van der Waals surface area contributed by atoms with Gasteiger partial charge < -0.3 is 46.4 Å². The number of aliphatic hydroxyl groups excluding tert-OH is 2. The van der Waals surface area contributed by atoms with E-state index in [2.05, 4.69) is 47.6 Å². The Morgan fingerprint density at radius 1 is 0.701 bits per heavy atom. The number of alkyl halides is 1. The maximum Gasteiger partial charge on any atom is 0.243 e. The molecule has 2 saturated heterocycles. The fraction of sp³-hybridized carbons (Fsp3) is 0.416. The average molecular weight is 2000 g/mol. The van der Waals surface area contributed by atoms with Crippen LogP contribution in [0.4, 0.5) is 18.0 Å². The topological polar surface area (TPSA) is 608 Å². The van der Waals surface area contributed by atoms with E-state index >= 15 is 32.8 Å². The number of phenolic OH excluding ortho intramolecular Hbond substituents is 1. The summed E-state index contributed by atoms with van der Waals surface area (Å²) in [6.07, 6.45) is -5.65. The number of para-hydroxylation sites is 1. The number of H-pyrrole nitrogens is 1. The van der Waals surface area contributed by atoms with Gasteiger partial charge in [0.2, 0.25) is 35.4 Å². The van der Waals surface area contributed by atoms with Crippen molar-refractivity contribution >= 4 is 141 Å². The molecule has 3 heterocycles. The van der Waals surface area contributed by atoms with E-state index in [1.54, 1.807) is 112 Å². The van der Waals surface area contributed by atoms with Gasteiger partial charge in [0.1, 0.15) is 30.0 Å². The third-order valence-corrected chi connectivity index (χ3v) is 29.5. The number of likely N-dealkylation sites (N-methyl/N-ethyl adjacent to an activating group) is 3. The molecule has 0 spiro atoms. The molecular formula is C89H110F3IN18O22S. The van der Waals surface area contributed by atoms with Gasteiger partial charge in [0.15, 0.2) is 23.6 Å². The van der Waals surface area contributed by atoms with Gasteiger partial charge >= 0.3 is 418 Å². The van der Waals surface area contributed by atoms with Crippen molar-refractivity contribution in [2.24, 2.45) is 17.2 Å². The SMILES string of the molecule is CCCC[C@@H](C(=O)N1C[C@H](O)C[C@@H]1[NH+]([O-])N[C@H](C=O)CC(=O)O)N(C)C(=O)[C@]1(N(C)C(=O)[C@H](Cc2cc(F)c(F)c(F)c2)NC(=O)CSC[C@H](NC(=O)[C@H](CN)NC(=O)[C@H](Cc2ccc(O)cc2)NC(=O)[C@H](Cc2c[nH]c3ccccc23)NC(=O)I2C[C@@H](O)CN2C(=O)[C@H](CC(=O)O)NC(=O)/C(=C(/C)c2ccccc2)N(C)C(=O)C(N)=C(C)C)C(=O)NCC(N)=O)CC1c1ccccc1. The molecule has 5 aromatic carbocycles. The largest absolute Gasteiger partial charge is 0.368 e. The molecule has 2 aliphatic heterocycles. The number of amides is 13. The fourth-order valence-electron chi connectivity index (χ4n) is 15.7. The van der Waals surface area contributed by atoms with Crippen molar-refractivity contribution in [2.75, 3.05) is 63.3 Å². The molecule has 45 heteroatoms. The summed E-state index contributed by atoms with van der Waals surface area (Å²) >= 11 is -3.33. The van der Waals surface area contributed by atoms with Crippen molar-refractivity contribution in [1.29, 1.82) is 0 Å². The molecule has 40 nitrogen and oxygen atoms in total. The number of carboxylic acids is 2. The number of carbonyl (C=O) groups is 16. The van der Waals surface area contributed by atoms with Crippen molar-refractivity contribution in [3.8, 4) is 5.75 Å². The number of allylic oxidation sites excluding steroid dienone is 2. The number of hydrogen-bond donors (Lipinski definition) is 18. The smallest absolute Gasteiger partial charge is 0.243 e. The fourth-order valence-corrected chi connectivity index (χ4v) is 21.8. The Kier molecular flexibility index (Phi) is 37.2. The van der Waals surface area contributed by atoms with Crippen LogP contribution in [0.5, 0.6) is 5.75 Å². The molecule has 722 valence electrons. The third kappa shape index (κ3) is 26.8. The number of phenols is 1. The standard InChI is InChI=1S/C89H110F3IN18O22S/c1-8-9-24-69(85(129)109-42-56(114)35-72(109)111(133)105-54(44-112)34-73(118)119)106(5)87(131)89(37-59(89)52-20-14-11-15-21-52)108(7)83(127)65(32-50-29-60(90)75(92)61(91)30-50)99-71(117)46-134-45-68(78(122)98-41-70(95)116)103-81(125)67(39-94)102-79(123)63(31-49-25-27-55(113)28-26-49)100-80(124)64(33-53-40-97-62-23-17-16-22-58(53)62)104-88(132)93-38-57(115)43-110(93)84(128)66(36-74(120)121)101-82(126)77(48(4)51-18-12-10-13-19-51)107(6)86(130)76(96)47(2)3/h10-23,25-30,40,44,54,56-57,59,63-69,72,97,105,111,113-115H,8-9,24,31-39,41-43,45-46,94,96H2,1-7H3,(H2,95,116)(H,98,122)(H,99,117)(H,100,124)(H,101,126)(H,102,123)(H,103,125)(H,104,132)(H,118,119)(H,120,121)/b77-48+/t54-,56+,57+,59?,63-,64-,65-,66-,67-,68-,69-,72-,89-/m0/s1. The summed E-state index contributed by atoms with van der Waals surface area (Å²) in [7, 11) is 3.73. The van der Waals surface area contributed by atoms with Crippen molar-refractivity contribution in [2.45, 2.75) is 170 Å². The zero-order valence-electron chi connectivity index (χ0n) is 74.2. The number of aliphatic hydroxyl groups is 2. The number of aromatic hydroxyl groups is 1. The van der Waals surface area contributed by atoms with E-state index in [1.165, 1.54) is 52.3 Å². The molecule has 3 fully saturated rings. The number of unbranched alkanes of at least 4 members (excludes halogenated alkanes) is 1. The molecule has 1 saturated carbocycles. The molecule has 21 N–H and O–H groups in total. The van der Waals surface area contributed by atoms with E-state index in [-0.39, 0.29) is 70.2 Å². The molecule has 14 atom stereocenters. The molecule has 1 aliphatic carbocycles. The minimum Gasteiger partial charge on any atom is -0.368 e. The number of rotatable bonds is 46. The number of fused-ring (bicyclic) bond motifs is 1. The number of aliphatic carboxylic acids is 2. The third-order valence-electron chi connectivity index (χ3n) is 22.9. The molecule has 1 aromatic heterocycles. The maximum absolute atomic E-state index is 15.7. The number of likely N-dealkylation sites (tertiary alicyclic amines) is 1. The second kappa shape index (κ2) is 47.6. The minimum atomic E-state index is -3.93. The number of carboxylic acid groups (broad SMARTS) is 2. The van der Waals surface area contributed by atoms with Gasteiger partial charge in [0.25, 0.3) is 0 Å². The Morgan fingerprint density at radius 2 is 1.30 bits per heavy atom. The summed E-state index contributed by atoms with van der Waals surface area (Å²) in [6, 6.07) is 16.0. The van der Waals surface area contributed by atoms with Gasteiger partial charge in [-0.3, -0.25) is 43.6 Å². The summed E-state index contributed by atoms with van der Waals surface area (Å²) in [4.78, 5) is 234. The van der Waals surface area contributed by atoms with E-state index in [0.717, 1.165) is 22.7 Å². The number of benzene rings is 5. The minimum absolute atomic E-state index is 0.0522. The molecule has 134 heavy (non-hydrogen) atoms.